The fraction of sp³-hybridized carbons (Fsp3) is 0.500. The van der Waals surface area contributed by atoms with Crippen molar-refractivity contribution in [3.8, 4) is 5.75 Å². The Labute approximate surface area is 96.0 Å². The summed E-state index contributed by atoms with van der Waals surface area (Å²) in [5, 5.41) is 9.40. The molecule has 1 aliphatic carbocycles. The summed E-state index contributed by atoms with van der Waals surface area (Å²) < 4.78 is 43.3. The van der Waals surface area contributed by atoms with Gasteiger partial charge in [-0.15, -0.1) is 0 Å². The molecule has 2 aliphatic rings. The lowest BCUT2D eigenvalue weighted by Crippen LogP contribution is -2.25. The minimum absolute atomic E-state index is 0.116. The molecule has 1 aliphatic heterocycles. The lowest BCUT2D eigenvalue weighted by atomic mass is 9.90. The zero-order chi connectivity index (χ0) is 12.3. The van der Waals surface area contributed by atoms with E-state index in [0.29, 0.717) is 24.3 Å². The molecular weight excluding hydrogens is 233 g/mol. The second-order valence-corrected chi connectivity index (χ2v) is 4.74. The summed E-state index contributed by atoms with van der Waals surface area (Å²) in [6, 6.07) is 3.49. The lowest BCUT2D eigenvalue weighted by Gasteiger charge is -2.25. The number of hydrogen-bond acceptors (Lipinski definition) is 2. The number of hydrogen-bond donors (Lipinski definition) is 1. The molecule has 0 saturated heterocycles. The lowest BCUT2D eigenvalue weighted by molar-refractivity contribution is -0.137. The zero-order valence-electron chi connectivity index (χ0n) is 8.92. The van der Waals surface area contributed by atoms with Crippen molar-refractivity contribution in [3.05, 3.63) is 29.3 Å². The highest BCUT2D eigenvalue weighted by atomic mass is 19.4. The molecule has 1 fully saturated rings. The third kappa shape index (κ3) is 1.45. The van der Waals surface area contributed by atoms with Gasteiger partial charge in [0.25, 0.3) is 0 Å². The van der Waals surface area contributed by atoms with Crippen molar-refractivity contribution < 1.29 is 23.0 Å². The fourth-order valence-electron chi connectivity index (χ4n) is 2.62. The van der Waals surface area contributed by atoms with E-state index in [-0.39, 0.29) is 12.5 Å². The summed E-state index contributed by atoms with van der Waals surface area (Å²) in [5.74, 6) is 0.629. The van der Waals surface area contributed by atoms with Gasteiger partial charge in [0.1, 0.15) is 5.75 Å². The highest BCUT2D eigenvalue weighted by molar-refractivity contribution is 5.49. The van der Waals surface area contributed by atoms with Crippen LogP contribution in [0.4, 0.5) is 13.2 Å². The second-order valence-electron chi connectivity index (χ2n) is 4.74. The number of aliphatic hydroxyl groups is 1. The monoisotopic (exact) mass is 244 g/mol. The van der Waals surface area contributed by atoms with E-state index < -0.39 is 17.2 Å². The van der Waals surface area contributed by atoms with E-state index in [0.717, 1.165) is 12.1 Å². The summed E-state index contributed by atoms with van der Waals surface area (Å²) >= 11 is 0. The first-order valence-electron chi connectivity index (χ1n) is 5.43. The first-order valence-corrected chi connectivity index (χ1v) is 5.43. The molecule has 3 rings (SSSR count). The smallest absolute Gasteiger partial charge is 0.416 e. The van der Waals surface area contributed by atoms with E-state index in [1.165, 1.54) is 6.07 Å². The molecule has 0 radical (unpaired) electrons. The molecule has 0 amide bonds. The van der Waals surface area contributed by atoms with Crippen LogP contribution in [0.2, 0.25) is 0 Å². The number of halogens is 3. The first kappa shape index (κ1) is 10.9. The normalized spacial score (nSPS) is 30.2. The average molecular weight is 244 g/mol. The van der Waals surface area contributed by atoms with Gasteiger partial charge in [0.15, 0.2) is 0 Å². The van der Waals surface area contributed by atoms with Crippen molar-refractivity contribution in [2.75, 3.05) is 13.2 Å². The topological polar surface area (TPSA) is 29.5 Å². The minimum Gasteiger partial charge on any atom is -0.493 e. The van der Waals surface area contributed by atoms with Crippen LogP contribution < -0.4 is 4.74 Å². The van der Waals surface area contributed by atoms with Crippen molar-refractivity contribution in [1.82, 2.24) is 0 Å². The van der Waals surface area contributed by atoms with Crippen molar-refractivity contribution in [2.45, 2.75) is 18.0 Å². The maximum Gasteiger partial charge on any atom is 0.416 e. The Bertz CT molecular complexity index is 469. The van der Waals surface area contributed by atoms with Crippen molar-refractivity contribution in [2.24, 2.45) is 5.92 Å². The van der Waals surface area contributed by atoms with E-state index in [2.05, 4.69) is 0 Å². The van der Waals surface area contributed by atoms with E-state index in [4.69, 9.17) is 4.74 Å². The number of benzene rings is 1. The van der Waals surface area contributed by atoms with Crippen LogP contribution in [-0.4, -0.2) is 18.3 Å². The van der Waals surface area contributed by atoms with Crippen molar-refractivity contribution in [1.29, 1.82) is 0 Å². The molecule has 5 heteroatoms. The SMILES string of the molecule is OCC12CC1COc1ccc(C(F)(F)F)cc12. The summed E-state index contributed by atoms with van der Waals surface area (Å²) in [6.45, 7) is 0.369. The predicted molar refractivity (Wildman–Crippen MR) is 53.8 cm³/mol. The van der Waals surface area contributed by atoms with Gasteiger partial charge in [-0.1, -0.05) is 0 Å². The van der Waals surface area contributed by atoms with Gasteiger partial charge in [-0.05, 0) is 24.6 Å². The van der Waals surface area contributed by atoms with E-state index in [9.17, 15) is 18.3 Å². The highest BCUT2D eigenvalue weighted by Gasteiger charge is 2.59. The van der Waals surface area contributed by atoms with E-state index in [1.807, 2.05) is 0 Å². The predicted octanol–water partition coefficient (Wildman–Crippen LogP) is 2.35. The molecule has 1 N–H and O–H groups in total. The molecule has 17 heavy (non-hydrogen) atoms. The average Bonchev–Trinajstić information content (AvgIpc) is 3.02. The third-order valence-corrected chi connectivity index (χ3v) is 3.80. The van der Waals surface area contributed by atoms with Gasteiger partial charge in [-0.3, -0.25) is 0 Å². The van der Waals surface area contributed by atoms with Gasteiger partial charge in [-0.25, -0.2) is 0 Å². The van der Waals surface area contributed by atoms with Crippen molar-refractivity contribution in [3.63, 3.8) is 0 Å². The molecule has 0 bridgehead atoms. The van der Waals surface area contributed by atoms with Crippen LogP contribution in [0.1, 0.15) is 17.5 Å². The molecular formula is C12H11F3O2. The molecule has 2 atom stereocenters. The third-order valence-electron chi connectivity index (χ3n) is 3.80. The highest BCUT2D eigenvalue weighted by Crippen LogP contribution is 2.59. The molecule has 2 nitrogen and oxygen atoms in total. The summed E-state index contributed by atoms with van der Waals surface area (Å²) in [6.07, 6.45) is -3.65. The Morgan fingerprint density at radius 2 is 2.18 bits per heavy atom. The fourth-order valence-corrected chi connectivity index (χ4v) is 2.62. The molecule has 1 heterocycles. The minimum atomic E-state index is -4.35. The van der Waals surface area contributed by atoms with Crippen LogP contribution in [0.25, 0.3) is 0 Å². The molecule has 0 spiro atoms. The quantitative estimate of drug-likeness (QED) is 0.821. The number of alkyl halides is 3. The van der Waals surface area contributed by atoms with E-state index >= 15 is 0 Å². The van der Waals surface area contributed by atoms with Crippen LogP contribution in [0, 0.1) is 5.92 Å². The van der Waals surface area contributed by atoms with Gasteiger partial charge >= 0.3 is 6.18 Å². The Morgan fingerprint density at radius 1 is 1.41 bits per heavy atom. The van der Waals surface area contributed by atoms with Crippen LogP contribution in [0.3, 0.4) is 0 Å². The number of ether oxygens (including phenoxy) is 1. The maximum absolute atomic E-state index is 12.6. The molecule has 2 unspecified atom stereocenters. The Kier molecular flexibility index (Phi) is 2.03. The van der Waals surface area contributed by atoms with Gasteiger partial charge in [-0.2, -0.15) is 13.2 Å². The van der Waals surface area contributed by atoms with Gasteiger partial charge in [0, 0.05) is 16.9 Å². The van der Waals surface area contributed by atoms with Crippen LogP contribution in [0.15, 0.2) is 18.2 Å². The first-order chi connectivity index (χ1) is 7.97. The number of aliphatic hydroxyl groups excluding tert-OH is 1. The Morgan fingerprint density at radius 3 is 2.82 bits per heavy atom. The zero-order valence-corrected chi connectivity index (χ0v) is 8.92. The molecule has 1 saturated carbocycles. The molecule has 1 aromatic carbocycles. The summed E-state index contributed by atoms with van der Waals surface area (Å²) in [7, 11) is 0. The number of rotatable bonds is 1. The second kappa shape index (κ2) is 3.16. The van der Waals surface area contributed by atoms with Crippen LogP contribution in [0.5, 0.6) is 5.75 Å². The summed E-state index contributed by atoms with van der Waals surface area (Å²) in [4.78, 5) is 0. The standard InChI is InChI=1S/C12H11F3O2/c13-12(14,15)7-1-2-10-9(3-7)11(6-16)4-8(11)5-17-10/h1-3,8,16H,4-6H2. The van der Waals surface area contributed by atoms with Crippen LogP contribution in [-0.2, 0) is 11.6 Å². The Hall–Kier alpha value is -1.23. The Balaban J connectivity index is 2.10. The summed E-state index contributed by atoms with van der Waals surface area (Å²) in [5.41, 5.74) is -0.666. The van der Waals surface area contributed by atoms with Crippen molar-refractivity contribution >= 4 is 0 Å². The van der Waals surface area contributed by atoms with E-state index in [1.54, 1.807) is 0 Å². The van der Waals surface area contributed by atoms with Gasteiger partial charge < -0.3 is 9.84 Å². The molecule has 1 aromatic rings. The largest absolute Gasteiger partial charge is 0.493 e. The molecule has 0 aromatic heterocycles. The van der Waals surface area contributed by atoms with Gasteiger partial charge in [0.05, 0.1) is 18.8 Å². The van der Waals surface area contributed by atoms with Gasteiger partial charge in [0.2, 0.25) is 0 Å². The number of fused-ring (bicyclic) bond motifs is 3. The molecule has 92 valence electrons. The maximum atomic E-state index is 12.6. The van der Waals surface area contributed by atoms with Crippen LogP contribution >= 0.6 is 0 Å².